The fraction of sp³-hybridized carbons (Fsp3) is 0.593. The molecular formula is C27H40O5. The SMILES string of the molecule is CCC=CCCOC(=O)C(C(=O)C=CC1=C(C)CCCC1(C)C)C(=O)OCCC=CCC. The number of hydrogen-bond donors (Lipinski definition) is 0. The van der Waals surface area contributed by atoms with E-state index in [0.29, 0.717) is 12.8 Å². The van der Waals surface area contributed by atoms with Crippen molar-refractivity contribution in [1.29, 1.82) is 0 Å². The van der Waals surface area contributed by atoms with Crippen molar-refractivity contribution >= 4 is 17.7 Å². The van der Waals surface area contributed by atoms with Crippen LogP contribution in [0.5, 0.6) is 0 Å². The van der Waals surface area contributed by atoms with E-state index in [4.69, 9.17) is 9.47 Å². The van der Waals surface area contributed by atoms with Gasteiger partial charge in [-0.1, -0.05) is 63.6 Å². The van der Waals surface area contributed by atoms with Crippen LogP contribution in [0.4, 0.5) is 0 Å². The van der Waals surface area contributed by atoms with Gasteiger partial charge in [-0.15, -0.1) is 0 Å². The molecule has 0 aromatic rings. The molecule has 0 N–H and O–H groups in total. The number of esters is 2. The highest BCUT2D eigenvalue weighted by atomic mass is 16.6. The highest BCUT2D eigenvalue weighted by Gasteiger charge is 2.36. The molecular weight excluding hydrogens is 404 g/mol. The normalized spacial score (nSPS) is 17.3. The molecule has 178 valence electrons. The zero-order chi connectivity index (χ0) is 24.0. The van der Waals surface area contributed by atoms with Gasteiger partial charge in [0.05, 0.1) is 13.2 Å². The molecule has 0 radical (unpaired) electrons. The maximum Gasteiger partial charge on any atom is 0.328 e. The van der Waals surface area contributed by atoms with E-state index < -0.39 is 23.6 Å². The molecule has 0 spiro atoms. The van der Waals surface area contributed by atoms with E-state index in [0.717, 1.165) is 37.7 Å². The smallest absolute Gasteiger partial charge is 0.328 e. The summed E-state index contributed by atoms with van der Waals surface area (Å²) in [6.07, 6.45) is 16.8. The number of ether oxygens (including phenoxy) is 2. The van der Waals surface area contributed by atoms with E-state index in [9.17, 15) is 14.4 Å². The summed E-state index contributed by atoms with van der Waals surface area (Å²) in [7, 11) is 0. The minimum Gasteiger partial charge on any atom is -0.464 e. The average Bonchev–Trinajstić information content (AvgIpc) is 2.72. The second-order valence-electron chi connectivity index (χ2n) is 8.77. The fourth-order valence-corrected chi connectivity index (χ4v) is 3.79. The van der Waals surface area contributed by atoms with Gasteiger partial charge in [0.15, 0.2) is 5.78 Å². The third-order valence-electron chi connectivity index (χ3n) is 5.58. The molecule has 32 heavy (non-hydrogen) atoms. The molecule has 0 amide bonds. The van der Waals surface area contributed by atoms with Gasteiger partial charge >= 0.3 is 11.9 Å². The second-order valence-corrected chi connectivity index (χ2v) is 8.77. The largest absolute Gasteiger partial charge is 0.464 e. The van der Waals surface area contributed by atoms with Crippen LogP contribution >= 0.6 is 0 Å². The molecule has 0 heterocycles. The Bertz CT molecular complexity index is 720. The van der Waals surface area contributed by atoms with Crippen molar-refractivity contribution in [2.45, 2.75) is 79.6 Å². The van der Waals surface area contributed by atoms with Crippen LogP contribution in [0.3, 0.4) is 0 Å². The van der Waals surface area contributed by atoms with Crippen LogP contribution < -0.4 is 0 Å². The summed E-state index contributed by atoms with van der Waals surface area (Å²) < 4.78 is 10.4. The van der Waals surface area contributed by atoms with Gasteiger partial charge in [0, 0.05) is 0 Å². The molecule has 5 heteroatoms. The second kappa shape index (κ2) is 14.6. The van der Waals surface area contributed by atoms with Crippen molar-refractivity contribution in [3.8, 4) is 0 Å². The number of ketones is 1. The lowest BCUT2D eigenvalue weighted by Crippen LogP contribution is -2.34. The Balaban J connectivity index is 2.93. The lowest BCUT2D eigenvalue weighted by atomic mass is 9.72. The van der Waals surface area contributed by atoms with Gasteiger partial charge in [0.1, 0.15) is 0 Å². The molecule has 0 aromatic carbocycles. The maximum absolute atomic E-state index is 12.9. The van der Waals surface area contributed by atoms with Crippen LogP contribution in [0, 0.1) is 11.3 Å². The van der Waals surface area contributed by atoms with Crippen LogP contribution in [0.15, 0.2) is 47.6 Å². The van der Waals surface area contributed by atoms with Gasteiger partial charge in [-0.3, -0.25) is 14.4 Å². The number of allylic oxidation sites excluding steroid dienone is 6. The number of hydrogen-bond acceptors (Lipinski definition) is 5. The highest BCUT2D eigenvalue weighted by molar-refractivity contribution is 6.18. The first-order chi connectivity index (χ1) is 15.2. The summed E-state index contributed by atoms with van der Waals surface area (Å²) in [5.74, 6) is -3.90. The Kier molecular flexibility index (Phi) is 12.6. The van der Waals surface area contributed by atoms with E-state index in [2.05, 4.69) is 20.8 Å². The zero-order valence-electron chi connectivity index (χ0n) is 20.4. The molecule has 0 aliphatic heterocycles. The van der Waals surface area contributed by atoms with Crippen molar-refractivity contribution in [3.63, 3.8) is 0 Å². The monoisotopic (exact) mass is 444 g/mol. The van der Waals surface area contributed by atoms with Crippen molar-refractivity contribution in [1.82, 2.24) is 0 Å². The fourth-order valence-electron chi connectivity index (χ4n) is 3.79. The van der Waals surface area contributed by atoms with Crippen molar-refractivity contribution < 1.29 is 23.9 Å². The minimum absolute atomic E-state index is 0.0488. The number of carbonyl (C=O) groups is 3. The summed E-state index contributed by atoms with van der Waals surface area (Å²) in [6, 6.07) is 0. The van der Waals surface area contributed by atoms with Gasteiger partial charge < -0.3 is 9.47 Å². The first kappa shape index (κ1) is 27.6. The third kappa shape index (κ3) is 9.37. The van der Waals surface area contributed by atoms with Crippen LogP contribution in [0.2, 0.25) is 0 Å². The lowest BCUT2D eigenvalue weighted by molar-refractivity contribution is -0.163. The van der Waals surface area contributed by atoms with Gasteiger partial charge in [0.25, 0.3) is 0 Å². The Morgan fingerprint density at radius 2 is 1.47 bits per heavy atom. The van der Waals surface area contributed by atoms with Gasteiger partial charge in [-0.05, 0) is 68.9 Å². The van der Waals surface area contributed by atoms with Crippen molar-refractivity contribution in [3.05, 3.63) is 47.6 Å². The molecule has 0 saturated heterocycles. The minimum atomic E-state index is -1.59. The first-order valence-electron chi connectivity index (χ1n) is 11.8. The molecule has 0 aromatic heterocycles. The van der Waals surface area contributed by atoms with Crippen molar-refractivity contribution in [2.24, 2.45) is 11.3 Å². The third-order valence-corrected chi connectivity index (χ3v) is 5.58. The predicted octanol–water partition coefficient (Wildman–Crippen LogP) is 6.05. The van der Waals surface area contributed by atoms with E-state index in [1.165, 1.54) is 11.6 Å². The summed E-state index contributed by atoms with van der Waals surface area (Å²) in [5.41, 5.74) is 2.27. The van der Waals surface area contributed by atoms with Crippen LogP contribution in [0.25, 0.3) is 0 Å². The summed E-state index contributed by atoms with van der Waals surface area (Å²) in [5, 5.41) is 0. The first-order valence-corrected chi connectivity index (χ1v) is 11.8. The van der Waals surface area contributed by atoms with E-state index in [1.54, 1.807) is 6.08 Å². The quantitative estimate of drug-likeness (QED) is 0.114. The maximum atomic E-state index is 12.9. The Morgan fingerprint density at radius 3 is 1.94 bits per heavy atom. The van der Waals surface area contributed by atoms with E-state index >= 15 is 0 Å². The molecule has 1 aliphatic carbocycles. The summed E-state index contributed by atoms with van der Waals surface area (Å²) >= 11 is 0. The van der Waals surface area contributed by atoms with Gasteiger partial charge in [0.2, 0.25) is 5.92 Å². The van der Waals surface area contributed by atoms with E-state index in [1.807, 2.05) is 38.2 Å². The Hall–Kier alpha value is -2.43. The topological polar surface area (TPSA) is 69.7 Å². The molecule has 0 bridgehead atoms. The molecule has 1 aliphatic rings. The average molecular weight is 445 g/mol. The Morgan fingerprint density at radius 1 is 0.938 bits per heavy atom. The van der Waals surface area contributed by atoms with Crippen LogP contribution in [-0.2, 0) is 23.9 Å². The molecule has 0 saturated carbocycles. The summed E-state index contributed by atoms with van der Waals surface area (Å²) in [4.78, 5) is 38.1. The van der Waals surface area contributed by atoms with Crippen molar-refractivity contribution in [2.75, 3.05) is 13.2 Å². The van der Waals surface area contributed by atoms with Gasteiger partial charge in [-0.25, -0.2) is 0 Å². The van der Waals surface area contributed by atoms with Crippen LogP contribution in [0.1, 0.15) is 79.6 Å². The zero-order valence-corrected chi connectivity index (χ0v) is 20.4. The molecule has 0 atom stereocenters. The molecule has 1 rings (SSSR count). The number of carbonyl (C=O) groups excluding carboxylic acids is 3. The van der Waals surface area contributed by atoms with Gasteiger partial charge in [-0.2, -0.15) is 0 Å². The Labute approximate surface area is 193 Å². The predicted molar refractivity (Wildman–Crippen MR) is 128 cm³/mol. The molecule has 5 nitrogen and oxygen atoms in total. The highest BCUT2D eigenvalue weighted by Crippen LogP contribution is 2.40. The van der Waals surface area contributed by atoms with Crippen LogP contribution in [-0.4, -0.2) is 30.9 Å². The van der Waals surface area contributed by atoms with E-state index in [-0.39, 0.29) is 18.6 Å². The standard InChI is InChI=1S/C27H40O5/c1-6-8-10-12-19-31-25(29)24(26(30)32-20-13-11-9-7-2)23(28)17-16-22-21(3)15-14-18-27(22,4)5/h8-11,16-17,24H,6-7,12-15,18-20H2,1-5H3. The lowest BCUT2D eigenvalue weighted by Gasteiger charge is -2.32. The molecule has 0 fully saturated rings. The molecule has 0 unspecified atom stereocenters. The summed E-state index contributed by atoms with van der Waals surface area (Å²) in [6.45, 7) is 10.6. The number of rotatable bonds is 13.